The van der Waals surface area contributed by atoms with Crippen molar-refractivity contribution in [3.63, 3.8) is 0 Å². The Kier molecular flexibility index (Phi) is 4.84. The minimum absolute atomic E-state index is 0.369. The summed E-state index contributed by atoms with van der Waals surface area (Å²) in [5.74, 6) is 0.167. The number of nitrogen functional groups attached to an aromatic ring is 1. The van der Waals surface area contributed by atoms with Gasteiger partial charge < -0.3 is 20.1 Å². The van der Waals surface area contributed by atoms with Crippen molar-refractivity contribution in [1.82, 2.24) is 0 Å². The first-order valence-corrected chi connectivity index (χ1v) is 6.88. The molecule has 110 valence electrons. The zero-order valence-corrected chi connectivity index (χ0v) is 12.1. The summed E-state index contributed by atoms with van der Waals surface area (Å²) in [6.45, 7) is 2.59. The van der Waals surface area contributed by atoms with Gasteiger partial charge >= 0.3 is 5.97 Å². The second kappa shape index (κ2) is 6.61. The highest BCUT2D eigenvalue weighted by Gasteiger charge is 2.17. The Morgan fingerprint density at radius 1 is 1.55 bits per heavy atom. The molecule has 0 amide bonds. The maximum atomic E-state index is 11.5. The smallest absolute Gasteiger partial charge is 0.337 e. The van der Waals surface area contributed by atoms with E-state index in [9.17, 15) is 4.79 Å². The molecule has 5 heteroatoms. The third-order valence-electron chi connectivity index (χ3n) is 3.65. The van der Waals surface area contributed by atoms with Crippen LogP contribution in [0.1, 0.15) is 23.2 Å². The molecule has 5 nitrogen and oxygen atoms in total. The Balaban J connectivity index is 2.05. The minimum atomic E-state index is -0.369. The number of hydrogen-bond acceptors (Lipinski definition) is 5. The van der Waals surface area contributed by atoms with Crippen LogP contribution < -0.4 is 10.6 Å². The number of methoxy groups -OCH3 is 1. The SMILES string of the molecule is COC(=O)c1ccc(N(C)CC2CCCOC2)c(N)c1. The van der Waals surface area contributed by atoms with Gasteiger partial charge in [-0.05, 0) is 37.0 Å². The van der Waals surface area contributed by atoms with Gasteiger partial charge in [0.1, 0.15) is 0 Å². The summed E-state index contributed by atoms with van der Waals surface area (Å²) in [7, 11) is 3.37. The lowest BCUT2D eigenvalue weighted by Crippen LogP contribution is -2.31. The number of carbonyl (C=O) groups is 1. The molecule has 1 aliphatic heterocycles. The molecule has 0 radical (unpaired) electrons. The minimum Gasteiger partial charge on any atom is -0.465 e. The Bertz CT molecular complexity index is 470. The van der Waals surface area contributed by atoms with E-state index in [0.717, 1.165) is 31.9 Å². The Morgan fingerprint density at radius 2 is 2.35 bits per heavy atom. The maximum absolute atomic E-state index is 11.5. The van der Waals surface area contributed by atoms with E-state index in [4.69, 9.17) is 10.5 Å². The zero-order valence-electron chi connectivity index (χ0n) is 12.1. The lowest BCUT2D eigenvalue weighted by atomic mass is 10.0. The van der Waals surface area contributed by atoms with Gasteiger partial charge in [-0.2, -0.15) is 0 Å². The Hall–Kier alpha value is -1.75. The first-order chi connectivity index (χ1) is 9.61. The quantitative estimate of drug-likeness (QED) is 0.673. The molecule has 0 bridgehead atoms. The van der Waals surface area contributed by atoms with Crippen molar-refractivity contribution in [3.05, 3.63) is 23.8 Å². The van der Waals surface area contributed by atoms with Gasteiger partial charge in [0.25, 0.3) is 0 Å². The Morgan fingerprint density at radius 3 is 2.95 bits per heavy atom. The predicted octanol–water partition coefficient (Wildman–Crippen LogP) is 1.92. The molecule has 0 aromatic heterocycles. The summed E-state index contributed by atoms with van der Waals surface area (Å²) in [4.78, 5) is 13.6. The van der Waals surface area contributed by atoms with Crippen LogP contribution in [0.5, 0.6) is 0 Å². The van der Waals surface area contributed by atoms with Gasteiger partial charge in [-0.25, -0.2) is 4.79 Å². The first-order valence-electron chi connectivity index (χ1n) is 6.88. The third kappa shape index (κ3) is 3.42. The highest BCUT2D eigenvalue weighted by atomic mass is 16.5. The van der Waals surface area contributed by atoms with Gasteiger partial charge in [0, 0.05) is 20.2 Å². The number of nitrogens with two attached hydrogens (primary N) is 1. The van der Waals surface area contributed by atoms with Crippen LogP contribution >= 0.6 is 0 Å². The summed E-state index contributed by atoms with van der Waals surface area (Å²) in [5.41, 5.74) is 8.04. The molecule has 1 aliphatic rings. The van der Waals surface area contributed by atoms with E-state index in [1.165, 1.54) is 13.5 Å². The number of carbonyl (C=O) groups excluding carboxylic acids is 1. The van der Waals surface area contributed by atoms with Gasteiger partial charge in [0.05, 0.1) is 30.7 Å². The predicted molar refractivity (Wildman–Crippen MR) is 79.0 cm³/mol. The molecule has 1 atom stereocenters. The van der Waals surface area contributed by atoms with E-state index in [0.29, 0.717) is 17.2 Å². The van der Waals surface area contributed by atoms with Crippen molar-refractivity contribution < 1.29 is 14.3 Å². The van der Waals surface area contributed by atoms with Crippen LogP contribution in [0.15, 0.2) is 18.2 Å². The second-order valence-corrected chi connectivity index (χ2v) is 5.23. The normalized spacial score (nSPS) is 18.6. The third-order valence-corrected chi connectivity index (χ3v) is 3.65. The van der Waals surface area contributed by atoms with Gasteiger partial charge in [0.15, 0.2) is 0 Å². The van der Waals surface area contributed by atoms with Gasteiger partial charge in [-0.3, -0.25) is 0 Å². The standard InChI is InChI=1S/C15H22N2O3/c1-17(9-11-4-3-7-20-10-11)14-6-5-12(8-13(14)16)15(18)19-2/h5-6,8,11H,3-4,7,9-10,16H2,1-2H3. The van der Waals surface area contributed by atoms with Crippen LogP contribution in [0.4, 0.5) is 11.4 Å². The molecule has 1 saturated heterocycles. The largest absolute Gasteiger partial charge is 0.465 e. The zero-order chi connectivity index (χ0) is 14.5. The summed E-state index contributed by atoms with van der Waals surface area (Å²) >= 11 is 0. The number of nitrogens with zero attached hydrogens (tertiary/aromatic N) is 1. The van der Waals surface area contributed by atoms with Crippen molar-refractivity contribution in [2.75, 3.05) is 44.5 Å². The maximum Gasteiger partial charge on any atom is 0.337 e. The molecule has 1 aromatic carbocycles. The van der Waals surface area contributed by atoms with E-state index in [1.807, 2.05) is 13.1 Å². The molecule has 1 heterocycles. The van der Waals surface area contributed by atoms with Crippen molar-refractivity contribution in [2.24, 2.45) is 5.92 Å². The average molecular weight is 278 g/mol. The Labute approximate surface area is 119 Å². The van der Waals surface area contributed by atoms with Crippen molar-refractivity contribution in [2.45, 2.75) is 12.8 Å². The fourth-order valence-corrected chi connectivity index (χ4v) is 2.58. The van der Waals surface area contributed by atoms with Crippen LogP contribution in [0.2, 0.25) is 0 Å². The number of rotatable bonds is 4. The molecule has 0 aliphatic carbocycles. The molecule has 2 rings (SSSR count). The highest BCUT2D eigenvalue weighted by molar-refractivity contribution is 5.91. The number of anilines is 2. The monoisotopic (exact) mass is 278 g/mol. The lowest BCUT2D eigenvalue weighted by Gasteiger charge is -2.29. The van der Waals surface area contributed by atoms with Gasteiger partial charge in [0.2, 0.25) is 0 Å². The number of ether oxygens (including phenoxy) is 2. The van der Waals surface area contributed by atoms with E-state index >= 15 is 0 Å². The second-order valence-electron chi connectivity index (χ2n) is 5.23. The van der Waals surface area contributed by atoms with Gasteiger partial charge in [-0.15, -0.1) is 0 Å². The molecule has 0 saturated carbocycles. The number of hydrogen-bond donors (Lipinski definition) is 1. The van der Waals surface area contributed by atoms with E-state index in [1.54, 1.807) is 12.1 Å². The number of esters is 1. The van der Waals surface area contributed by atoms with Crippen LogP contribution in [-0.4, -0.2) is 39.9 Å². The van der Waals surface area contributed by atoms with Crippen molar-refractivity contribution in [3.8, 4) is 0 Å². The molecule has 20 heavy (non-hydrogen) atoms. The van der Waals surface area contributed by atoms with Crippen LogP contribution in [-0.2, 0) is 9.47 Å². The molecular weight excluding hydrogens is 256 g/mol. The lowest BCUT2D eigenvalue weighted by molar-refractivity contribution is 0.0576. The van der Waals surface area contributed by atoms with Crippen LogP contribution in [0, 0.1) is 5.92 Å². The molecule has 1 unspecified atom stereocenters. The highest BCUT2D eigenvalue weighted by Crippen LogP contribution is 2.26. The van der Waals surface area contributed by atoms with E-state index in [2.05, 4.69) is 9.64 Å². The first kappa shape index (κ1) is 14.7. The van der Waals surface area contributed by atoms with Crippen LogP contribution in [0.25, 0.3) is 0 Å². The van der Waals surface area contributed by atoms with Crippen LogP contribution in [0.3, 0.4) is 0 Å². The summed E-state index contributed by atoms with van der Waals surface area (Å²) in [5, 5.41) is 0. The van der Waals surface area contributed by atoms with Crippen molar-refractivity contribution >= 4 is 17.3 Å². The molecule has 1 aromatic rings. The number of benzene rings is 1. The van der Waals surface area contributed by atoms with Gasteiger partial charge in [-0.1, -0.05) is 0 Å². The molecule has 0 spiro atoms. The fraction of sp³-hybridized carbons (Fsp3) is 0.533. The topological polar surface area (TPSA) is 64.8 Å². The molecular formula is C15H22N2O3. The summed E-state index contributed by atoms with van der Waals surface area (Å²) in [6, 6.07) is 5.27. The fourth-order valence-electron chi connectivity index (χ4n) is 2.58. The molecule has 1 fully saturated rings. The van der Waals surface area contributed by atoms with E-state index in [-0.39, 0.29) is 5.97 Å². The summed E-state index contributed by atoms with van der Waals surface area (Å²) in [6.07, 6.45) is 2.31. The summed E-state index contributed by atoms with van der Waals surface area (Å²) < 4.78 is 10.2. The average Bonchev–Trinajstić information content (AvgIpc) is 2.47. The van der Waals surface area contributed by atoms with Crippen molar-refractivity contribution in [1.29, 1.82) is 0 Å². The van der Waals surface area contributed by atoms with E-state index < -0.39 is 0 Å². The molecule has 2 N–H and O–H groups in total.